The first-order valence-corrected chi connectivity index (χ1v) is 7.81. The molecule has 1 aromatic carbocycles. The van der Waals surface area contributed by atoms with Gasteiger partial charge in [-0.2, -0.15) is 4.72 Å². The predicted octanol–water partition coefficient (Wildman–Crippen LogP) is 1.98. The summed E-state index contributed by atoms with van der Waals surface area (Å²) in [6.45, 7) is 10.5. The lowest BCUT2D eigenvalue weighted by Gasteiger charge is -2.20. The summed E-state index contributed by atoms with van der Waals surface area (Å²) < 4.78 is 27.1. The van der Waals surface area contributed by atoms with Crippen LogP contribution in [-0.2, 0) is 14.8 Å². The van der Waals surface area contributed by atoms with E-state index in [2.05, 4.69) is 4.72 Å². The molecule has 5 nitrogen and oxygen atoms in total. The summed E-state index contributed by atoms with van der Waals surface area (Å²) in [6.07, 6.45) is 0. The second-order valence-corrected chi connectivity index (χ2v) is 6.79. The van der Waals surface area contributed by atoms with Crippen molar-refractivity contribution >= 4 is 16.0 Å². The molecule has 0 amide bonds. The Balaban J connectivity index is 3.51. The summed E-state index contributed by atoms with van der Waals surface area (Å²) in [5, 5.41) is 8.86. The molecule has 0 spiro atoms. The van der Waals surface area contributed by atoms with E-state index in [1.54, 1.807) is 13.8 Å². The molecule has 6 heteroatoms. The van der Waals surface area contributed by atoms with Gasteiger partial charge in [0.05, 0.1) is 4.90 Å². The molecule has 0 aliphatic heterocycles. The quantitative estimate of drug-likeness (QED) is 0.890. The molecule has 0 bridgehead atoms. The fraction of sp³-hybridized carbons (Fsp3) is 0.500. The first-order chi connectivity index (χ1) is 9.00. The van der Waals surface area contributed by atoms with Crippen LogP contribution >= 0.6 is 0 Å². The molecule has 1 atom stereocenters. The maximum Gasteiger partial charge on any atom is 0.321 e. The molecule has 20 heavy (non-hydrogen) atoms. The lowest BCUT2D eigenvalue weighted by molar-refractivity contribution is -0.138. The van der Waals surface area contributed by atoms with Crippen LogP contribution < -0.4 is 4.72 Å². The van der Waals surface area contributed by atoms with Gasteiger partial charge in [0.2, 0.25) is 10.0 Å². The van der Waals surface area contributed by atoms with Crippen molar-refractivity contribution in [3.8, 4) is 0 Å². The van der Waals surface area contributed by atoms with E-state index in [0.717, 1.165) is 16.7 Å². The zero-order chi connectivity index (χ0) is 15.8. The monoisotopic (exact) mass is 299 g/mol. The van der Waals surface area contributed by atoms with Crippen molar-refractivity contribution in [1.82, 2.24) is 4.72 Å². The molecule has 0 heterocycles. The second-order valence-electron chi connectivity index (χ2n) is 5.14. The summed E-state index contributed by atoms with van der Waals surface area (Å²) >= 11 is 0. The lowest BCUT2D eigenvalue weighted by Crippen LogP contribution is -2.39. The highest BCUT2D eigenvalue weighted by Gasteiger charge is 2.27. The van der Waals surface area contributed by atoms with Crippen LogP contribution in [0.2, 0.25) is 0 Å². The highest BCUT2D eigenvalue weighted by Crippen LogP contribution is 2.29. The maximum atomic E-state index is 12.4. The largest absolute Gasteiger partial charge is 0.480 e. The Labute approximate surface area is 120 Å². The zero-order valence-corrected chi connectivity index (χ0v) is 13.5. The highest BCUT2D eigenvalue weighted by molar-refractivity contribution is 7.89. The van der Waals surface area contributed by atoms with Crippen molar-refractivity contribution in [2.24, 2.45) is 0 Å². The smallest absolute Gasteiger partial charge is 0.321 e. The van der Waals surface area contributed by atoms with E-state index in [9.17, 15) is 13.2 Å². The molecule has 112 valence electrons. The number of carboxylic acids is 1. The minimum absolute atomic E-state index is 0.186. The summed E-state index contributed by atoms with van der Waals surface area (Å²) in [7, 11) is -3.86. The van der Waals surface area contributed by atoms with Crippen LogP contribution in [0.4, 0.5) is 0 Å². The lowest BCUT2D eigenvalue weighted by atomic mass is 9.95. The Morgan fingerprint density at radius 1 is 0.950 bits per heavy atom. The molecule has 0 saturated heterocycles. The Morgan fingerprint density at radius 3 is 1.65 bits per heavy atom. The van der Waals surface area contributed by atoms with Crippen molar-refractivity contribution in [2.75, 3.05) is 0 Å². The average Bonchev–Trinajstić information content (AvgIpc) is 2.33. The van der Waals surface area contributed by atoms with E-state index in [4.69, 9.17) is 5.11 Å². The fourth-order valence-corrected chi connectivity index (χ4v) is 4.01. The number of hydrogen-bond donors (Lipinski definition) is 2. The van der Waals surface area contributed by atoms with Crippen LogP contribution in [0.5, 0.6) is 0 Å². The highest BCUT2D eigenvalue weighted by atomic mass is 32.2. The number of carbonyl (C=O) groups is 1. The summed E-state index contributed by atoms with van der Waals surface area (Å²) in [6, 6.07) is -1.17. The number of aliphatic carboxylic acids is 1. The molecule has 0 aliphatic rings. The molecule has 1 rings (SSSR count). The van der Waals surface area contributed by atoms with Gasteiger partial charge in [-0.1, -0.05) is 0 Å². The molecule has 0 fully saturated rings. The van der Waals surface area contributed by atoms with E-state index in [1.165, 1.54) is 6.92 Å². The third kappa shape index (κ3) is 2.86. The van der Waals surface area contributed by atoms with Crippen LogP contribution in [0.25, 0.3) is 0 Å². The molecule has 1 aromatic rings. The minimum atomic E-state index is -3.86. The number of sulfonamides is 1. The predicted molar refractivity (Wildman–Crippen MR) is 77.5 cm³/mol. The molecular weight excluding hydrogens is 278 g/mol. The zero-order valence-electron chi connectivity index (χ0n) is 12.7. The molecule has 0 aromatic heterocycles. The van der Waals surface area contributed by atoms with E-state index < -0.39 is 22.0 Å². The van der Waals surface area contributed by atoms with Gasteiger partial charge in [-0.05, 0) is 69.4 Å². The second kappa shape index (κ2) is 5.54. The number of hydrogen-bond acceptors (Lipinski definition) is 3. The fourth-order valence-electron chi connectivity index (χ4n) is 2.21. The number of rotatable bonds is 4. The van der Waals surface area contributed by atoms with Gasteiger partial charge in [-0.25, -0.2) is 8.42 Å². The Hall–Kier alpha value is -1.40. The van der Waals surface area contributed by atoms with Gasteiger partial charge in [0.25, 0.3) is 0 Å². The van der Waals surface area contributed by atoms with Crippen LogP contribution in [0.3, 0.4) is 0 Å². The summed E-state index contributed by atoms with van der Waals surface area (Å²) in [5.41, 5.74) is 4.21. The van der Waals surface area contributed by atoms with Gasteiger partial charge >= 0.3 is 5.97 Å². The molecule has 2 N–H and O–H groups in total. The number of nitrogens with one attached hydrogen (secondary N) is 1. The SMILES string of the molecule is Cc1c(C)c(C)c(S(=O)(=O)NC(C)C(=O)O)c(C)c1C. The maximum absolute atomic E-state index is 12.4. The van der Waals surface area contributed by atoms with Crippen LogP contribution in [-0.4, -0.2) is 25.5 Å². The number of benzene rings is 1. The third-order valence-corrected chi connectivity index (χ3v) is 5.72. The molecule has 0 aliphatic carbocycles. The van der Waals surface area contributed by atoms with Crippen molar-refractivity contribution in [2.45, 2.75) is 52.5 Å². The first kappa shape index (κ1) is 16.7. The molecule has 0 radical (unpaired) electrons. The Morgan fingerprint density at radius 2 is 1.30 bits per heavy atom. The van der Waals surface area contributed by atoms with Crippen molar-refractivity contribution in [3.63, 3.8) is 0 Å². The van der Waals surface area contributed by atoms with Gasteiger partial charge in [0.15, 0.2) is 0 Å². The van der Waals surface area contributed by atoms with E-state index in [-0.39, 0.29) is 4.90 Å². The van der Waals surface area contributed by atoms with Crippen LogP contribution in [0, 0.1) is 34.6 Å². The van der Waals surface area contributed by atoms with Gasteiger partial charge in [-0.15, -0.1) is 0 Å². The van der Waals surface area contributed by atoms with E-state index >= 15 is 0 Å². The normalized spacial score (nSPS) is 13.3. The minimum Gasteiger partial charge on any atom is -0.480 e. The van der Waals surface area contributed by atoms with Crippen LogP contribution in [0.15, 0.2) is 4.90 Å². The van der Waals surface area contributed by atoms with Gasteiger partial charge in [-0.3, -0.25) is 4.79 Å². The van der Waals surface area contributed by atoms with Gasteiger partial charge in [0, 0.05) is 0 Å². The van der Waals surface area contributed by atoms with Crippen LogP contribution in [0.1, 0.15) is 34.7 Å². The Kier molecular flexibility index (Phi) is 4.61. The number of carboxylic acid groups (broad SMARTS) is 1. The van der Waals surface area contributed by atoms with E-state index in [1.807, 2.05) is 20.8 Å². The average molecular weight is 299 g/mol. The van der Waals surface area contributed by atoms with Crippen molar-refractivity contribution in [3.05, 3.63) is 27.8 Å². The van der Waals surface area contributed by atoms with Gasteiger partial charge < -0.3 is 5.11 Å². The molecule has 1 unspecified atom stereocenters. The van der Waals surface area contributed by atoms with E-state index in [0.29, 0.717) is 11.1 Å². The topological polar surface area (TPSA) is 83.5 Å². The summed E-state index contributed by atoms with van der Waals surface area (Å²) in [4.78, 5) is 11.0. The molecule has 0 saturated carbocycles. The van der Waals surface area contributed by atoms with Crippen molar-refractivity contribution in [1.29, 1.82) is 0 Å². The van der Waals surface area contributed by atoms with Gasteiger partial charge in [0.1, 0.15) is 6.04 Å². The standard InChI is InChI=1S/C14H21NO4S/c1-7-8(2)10(4)13(11(5)9(7)3)20(18,19)15-12(6)14(16)17/h12,15H,1-6H3,(H,16,17). The molecular formula is C14H21NO4S. The third-order valence-electron chi connectivity index (χ3n) is 3.90. The van der Waals surface area contributed by atoms with Crippen molar-refractivity contribution < 1.29 is 18.3 Å². The Bertz CT molecular complexity index is 633. The first-order valence-electron chi connectivity index (χ1n) is 6.32. The summed E-state index contributed by atoms with van der Waals surface area (Å²) in [5.74, 6) is -1.20.